The molecule has 0 N–H and O–H groups in total. The number of rotatable bonds is 6. The Morgan fingerprint density at radius 1 is 0.882 bits per heavy atom. The molecule has 0 bridgehead atoms. The van der Waals surface area contributed by atoms with Crippen molar-refractivity contribution < 1.29 is 14.3 Å². The topological polar surface area (TPSA) is 67.8 Å². The highest BCUT2D eigenvalue weighted by Crippen LogP contribution is 2.28. The van der Waals surface area contributed by atoms with Crippen LogP contribution >= 0.6 is 0 Å². The number of piperazine rings is 1. The zero-order valence-corrected chi connectivity index (χ0v) is 19.1. The number of fused-ring (bicyclic) bond motifs is 1. The molecule has 0 spiro atoms. The van der Waals surface area contributed by atoms with E-state index in [0.717, 1.165) is 46.8 Å². The number of para-hydroxylation sites is 4. The fraction of sp³-hybridized carbons (Fsp3) is 0.222. The van der Waals surface area contributed by atoms with Gasteiger partial charge in [0.15, 0.2) is 6.61 Å². The molecule has 7 nitrogen and oxygen atoms in total. The van der Waals surface area contributed by atoms with Crippen LogP contribution < -0.4 is 14.4 Å². The number of ether oxygens (including phenoxy) is 2. The van der Waals surface area contributed by atoms with Gasteiger partial charge in [-0.25, -0.2) is 4.98 Å². The van der Waals surface area contributed by atoms with E-state index in [0.29, 0.717) is 18.8 Å². The molecule has 3 aromatic carbocycles. The van der Waals surface area contributed by atoms with E-state index >= 15 is 0 Å². The van der Waals surface area contributed by atoms with Crippen molar-refractivity contribution in [2.24, 2.45) is 0 Å². The van der Waals surface area contributed by atoms with Crippen LogP contribution in [0.1, 0.15) is 0 Å². The second-order valence-corrected chi connectivity index (χ2v) is 8.10. The molecule has 2 heterocycles. The molecule has 0 atom stereocenters. The molecule has 1 aliphatic rings. The molecule has 1 aromatic heterocycles. The van der Waals surface area contributed by atoms with Gasteiger partial charge in [-0.2, -0.15) is 0 Å². The predicted octanol–water partition coefficient (Wildman–Crippen LogP) is 4.03. The molecule has 0 saturated carbocycles. The number of aromatic nitrogens is 2. The van der Waals surface area contributed by atoms with Gasteiger partial charge >= 0.3 is 0 Å². The van der Waals surface area contributed by atoms with E-state index in [4.69, 9.17) is 9.47 Å². The second kappa shape index (κ2) is 9.79. The lowest BCUT2D eigenvalue weighted by atomic mass is 10.1. The molecule has 0 aliphatic carbocycles. The highest BCUT2D eigenvalue weighted by atomic mass is 16.5. The third kappa shape index (κ3) is 4.64. The highest BCUT2D eigenvalue weighted by molar-refractivity contribution is 5.78. The average molecular weight is 455 g/mol. The molecule has 172 valence electrons. The number of anilines is 1. The van der Waals surface area contributed by atoms with Gasteiger partial charge in [-0.15, -0.1) is 0 Å². The van der Waals surface area contributed by atoms with Gasteiger partial charge in [0.1, 0.15) is 11.5 Å². The zero-order chi connectivity index (χ0) is 23.3. The Kier molecular flexibility index (Phi) is 6.25. The first-order chi connectivity index (χ1) is 16.7. The third-order valence-corrected chi connectivity index (χ3v) is 6.02. The van der Waals surface area contributed by atoms with Crippen molar-refractivity contribution in [1.29, 1.82) is 0 Å². The van der Waals surface area contributed by atoms with Crippen LogP contribution in [0.4, 0.5) is 5.69 Å². The van der Waals surface area contributed by atoms with Crippen molar-refractivity contribution in [2.75, 3.05) is 44.8 Å². The Labute approximate surface area is 198 Å². The highest BCUT2D eigenvalue weighted by Gasteiger charge is 2.23. The molecule has 1 aliphatic heterocycles. The Balaban J connectivity index is 1.15. The molecule has 0 radical (unpaired) electrons. The SMILES string of the molecule is COc1ccccc1N1CCN(C(=O)COc2ccc(-c3cnc4ccccc4n3)cc2)CC1. The number of carbonyl (C=O) groups excluding carboxylic acids is 1. The molecule has 4 aromatic rings. The van der Waals surface area contributed by atoms with E-state index in [9.17, 15) is 4.79 Å². The number of amides is 1. The fourth-order valence-electron chi connectivity index (χ4n) is 4.14. The van der Waals surface area contributed by atoms with Gasteiger partial charge in [-0.3, -0.25) is 9.78 Å². The van der Waals surface area contributed by atoms with E-state index in [2.05, 4.69) is 14.9 Å². The minimum absolute atomic E-state index is 0.0100. The van der Waals surface area contributed by atoms with E-state index in [1.54, 1.807) is 13.3 Å². The summed E-state index contributed by atoms with van der Waals surface area (Å²) in [4.78, 5) is 25.9. The monoisotopic (exact) mass is 454 g/mol. The maximum absolute atomic E-state index is 12.7. The van der Waals surface area contributed by atoms with Gasteiger partial charge in [0.2, 0.25) is 0 Å². The normalized spacial score (nSPS) is 13.7. The summed E-state index contributed by atoms with van der Waals surface area (Å²) >= 11 is 0. The molecule has 7 heteroatoms. The van der Waals surface area contributed by atoms with Crippen molar-refractivity contribution in [1.82, 2.24) is 14.9 Å². The first kappa shape index (κ1) is 21.7. The number of nitrogens with zero attached hydrogens (tertiary/aromatic N) is 4. The number of hydrogen-bond acceptors (Lipinski definition) is 6. The van der Waals surface area contributed by atoms with Crippen molar-refractivity contribution in [2.45, 2.75) is 0 Å². The number of benzene rings is 3. The molecule has 1 saturated heterocycles. The molecular weight excluding hydrogens is 428 g/mol. The van der Waals surface area contributed by atoms with Crippen LogP contribution in [0.3, 0.4) is 0 Å². The van der Waals surface area contributed by atoms with Crippen LogP contribution in [0, 0.1) is 0 Å². The summed E-state index contributed by atoms with van der Waals surface area (Å²) in [7, 11) is 1.68. The lowest BCUT2D eigenvalue weighted by Gasteiger charge is -2.36. The van der Waals surface area contributed by atoms with Gasteiger partial charge < -0.3 is 19.3 Å². The van der Waals surface area contributed by atoms with E-state index in [1.165, 1.54) is 0 Å². The minimum Gasteiger partial charge on any atom is -0.495 e. The maximum Gasteiger partial charge on any atom is 0.260 e. The van der Waals surface area contributed by atoms with Crippen molar-refractivity contribution >= 4 is 22.6 Å². The summed E-state index contributed by atoms with van der Waals surface area (Å²) in [6.07, 6.45) is 1.77. The Hall–Kier alpha value is -4.13. The number of methoxy groups -OCH3 is 1. The summed E-state index contributed by atoms with van der Waals surface area (Å²) in [6, 6.07) is 23.3. The lowest BCUT2D eigenvalue weighted by molar-refractivity contribution is -0.133. The van der Waals surface area contributed by atoms with Crippen LogP contribution in [0.5, 0.6) is 11.5 Å². The van der Waals surface area contributed by atoms with Gasteiger partial charge in [0.05, 0.1) is 35.7 Å². The molecule has 5 rings (SSSR count). The first-order valence-corrected chi connectivity index (χ1v) is 11.3. The summed E-state index contributed by atoms with van der Waals surface area (Å²) < 4.78 is 11.2. The third-order valence-electron chi connectivity index (χ3n) is 6.02. The fourth-order valence-corrected chi connectivity index (χ4v) is 4.14. The maximum atomic E-state index is 12.7. The van der Waals surface area contributed by atoms with Gasteiger partial charge in [-0.05, 0) is 48.5 Å². The summed E-state index contributed by atoms with van der Waals surface area (Å²) in [5.41, 5.74) is 4.54. The Morgan fingerprint density at radius 3 is 2.35 bits per heavy atom. The Morgan fingerprint density at radius 2 is 1.59 bits per heavy atom. The smallest absolute Gasteiger partial charge is 0.260 e. The van der Waals surface area contributed by atoms with Gasteiger partial charge in [-0.1, -0.05) is 24.3 Å². The minimum atomic E-state index is -0.0100. The van der Waals surface area contributed by atoms with Crippen LogP contribution in [0.15, 0.2) is 79.0 Å². The lowest BCUT2D eigenvalue weighted by Crippen LogP contribution is -2.50. The summed E-state index contributed by atoms with van der Waals surface area (Å²) in [5, 5.41) is 0. The average Bonchev–Trinajstić information content (AvgIpc) is 2.92. The number of carbonyl (C=O) groups is 1. The first-order valence-electron chi connectivity index (χ1n) is 11.3. The van der Waals surface area contributed by atoms with Crippen molar-refractivity contribution in [3.63, 3.8) is 0 Å². The standard InChI is InChI=1S/C27H26N4O3/c1-33-26-9-5-4-8-25(26)30-14-16-31(17-15-30)27(32)19-34-21-12-10-20(11-13-21)24-18-28-22-6-2-3-7-23(22)29-24/h2-13,18H,14-17,19H2,1H3. The van der Waals surface area contributed by atoms with Crippen molar-refractivity contribution in [3.05, 3.63) is 79.0 Å². The summed E-state index contributed by atoms with van der Waals surface area (Å²) in [6.45, 7) is 2.84. The zero-order valence-electron chi connectivity index (χ0n) is 19.1. The summed E-state index contributed by atoms with van der Waals surface area (Å²) in [5.74, 6) is 1.49. The van der Waals surface area contributed by atoms with Crippen LogP contribution in [-0.2, 0) is 4.79 Å². The van der Waals surface area contributed by atoms with E-state index < -0.39 is 0 Å². The number of hydrogen-bond donors (Lipinski definition) is 0. The van der Waals surface area contributed by atoms with Crippen LogP contribution in [0.2, 0.25) is 0 Å². The van der Waals surface area contributed by atoms with Crippen molar-refractivity contribution in [3.8, 4) is 22.8 Å². The van der Waals surface area contributed by atoms with Gasteiger partial charge in [0, 0.05) is 31.7 Å². The predicted molar refractivity (Wildman–Crippen MR) is 132 cm³/mol. The van der Waals surface area contributed by atoms with Gasteiger partial charge in [0.25, 0.3) is 5.91 Å². The molecular formula is C27H26N4O3. The van der Waals surface area contributed by atoms with E-state index in [-0.39, 0.29) is 12.5 Å². The Bertz CT molecular complexity index is 1280. The second-order valence-electron chi connectivity index (χ2n) is 8.10. The molecule has 1 fully saturated rings. The molecule has 34 heavy (non-hydrogen) atoms. The van der Waals surface area contributed by atoms with E-state index in [1.807, 2.05) is 77.7 Å². The van der Waals surface area contributed by atoms with Crippen LogP contribution in [0.25, 0.3) is 22.3 Å². The van der Waals surface area contributed by atoms with Crippen LogP contribution in [-0.4, -0.2) is 60.7 Å². The molecule has 0 unspecified atom stereocenters. The quantitative estimate of drug-likeness (QED) is 0.438. The largest absolute Gasteiger partial charge is 0.495 e. The molecule has 1 amide bonds.